The van der Waals surface area contributed by atoms with Gasteiger partial charge in [-0.25, -0.2) is 4.39 Å². The summed E-state index contributed by atoms with van der Waals surface area (Å²) in [6.07, 6.45) is -5.57. The standard InChI is InChI=1S/C14H13F4NO2/c15-12-5-4-10(3-1-8-20)9-11(12)13(21)19-7-2-6-14(16,17)18/h4-5,9,20H,2,6-8H2,(H,19,21). The van der Waals surface area contributed by atoms with Gasteiger partial charge in [-0.2, -0.15) is 13.2 Å². The summed E-state index contributed by atoms with van der Waals surface area (Å²) in [4.78, 5) is 11.7. The Labute approximate surface area is 119 Å². The maximum absolute atomic E-state index is 13.5. The minimum absolute atomic E-state index is 0.204. The lowest BCUT2D eigenvalue weighted by molar-refractivity contribution is -0.135. The summed E-state index contributed by atoms with van der Waals surface area (Å²) in [6.45, 7) is -0.583. The Morgan fingerprint density at radius 3 is 2.67 bits per heavy atom. The Hall–Kier alpha value is -2.07. The number of nitrogens with one attached hydrogen (secondary N) is 1. The Morgan fingerprint density at radius 2 is 2.05 bits per heavy atom. The first kappa shape index (κ1) is 17.0. The van der Waals surface area contributed by atoms with E-state index in [-0.39, 0.29) is 25.1 Å². The van der Waals surface area contributed by atoms with Gasteiger partial charge in [0.2, 0.25) is 0 Å². The number of aliphatic hydroxyl groups excluding tert-OH is 1. The smallest absolute Gasteiger partial charge is 0.384 e. The summed E-state index contributed by atoms with van der Waals surface area (Å²) in [5.74, 6) is 3.26. The number of halogens is 4. The maximum atomic E-state index is 13.5. The fourth-order valence-corrected chi connectivity index (χ4v) is 1.50. The molecule has 0 saturated heterocycles. The summed E-state index contributed by atoms with van der Waals surface area (Å²) in [5, 5.41) is 10.8. The van der Waals surface area contributed by atoms with Crippen molar-refractivity contribution in [1.82, 2.24) is 5.32 Å². The van der Waals surface area contributed by atoms with Crippen molar-refractivity contribution in [1.29, 1.82) is 0 Å². The van der Waals surface area contributed by atoms with Crippen LogP contribution in [0, 0.1) is 17.7 Å². The van der Waals surface area contributed by atoms with Crippen LogP contribution in [0.15, 0.2) is 18.2 Å². The quantitative estimate of drug-likeness (QED) is 0.509. The molecule has 0 bridgehead atoms. The zero-order valence-electron chi connectivity index (χ0n) is 10.9. The fraction of sp³-hybridized carbons (Fsp3) is 0.357. The molecule has 114 valence electrons. The van der Waals surface area contributed by atoms with Gasteiger partial charge in [0.15, 0.2) is 0 Å². The van der Waals surface area contributed by atoms with Gasteiger partial charge in [0.25, 0.3) is 5.91 Å². The van der Waals surface area contributed by atoms with E-state index in [0.29, 0.717) is 5.56 Å². The van der Waals surface area contributed by atoms with Crippen LogP contribution in [0.2, 0.25) is 0 Å². The highest BCUT2D eigenvalue weighted by Crippen LogP contribution is 2.20. The zero-order valence-corrected chi connectivity index (χ0v) is 10.9. The minimum Gasteiger partial charge on any atom is -0.384 e. The molecule has 7 heteroatoms. The first-order chi connectivity index (χ1) is 9.83. The first-order valence-corrected chi connectivity index (χ1v) is 6.07. The van der Waals surface area contributed by atoms with Crippen molar-refractivity contribution >= 4 is 5.91 Å². The third kappa shape index (κ3) is 6.27. The Bertz CT molecular complexity index is 558. The summed E-state index contributed by atoms with van der Waals surface area (Å²) in [7, 11) is 0. The predicted octanol–water partition coefficient (Wildman–Crippen LogP) is 2.24. The average molecular weight is 303 g/mol. The summed E-state index contributed by atoms with van der Waals surface area (Å²) >= 11 is 0. The van der Waals surface area contributed by atoms with Crippen LogP contribution in [0.5, 0.6) is 0 Å². The highest BCUT2D eigenvalue weighted by molar-refractivity contribution is 5.94. The largest absolute Gasteiger partial charge is 0.389 e. The van der Waals surface area contributed by atoms with Gasteiger partial charge in [0.05, 0.1) is 5.56 Å². The van der Waals surface area contributed by atoms with Crippen LogP contribution in [0.3, 0.4) is 0 Å². The van der Waals surface area contributed by atoms with E-state index >= 15 is 0 Å². The van der Waals surface area contributed by atoms with E-state index in [1.807, 2.05) is 0 Å². The van der Waals surface area contributed by atoms with Crippen molar-refractivity contribution in [2.24, 2.45) is 0 Å². The molecule has 0 unspecified atom stereocenters. The minimum atomic E-state index is -4.28. The van der Waals surface area contributed by atoms with Gasteiger partial charge in [-0.05, 0) is 24.6 Å². The number of rotatable bonds is 4. The molecule has 0 aromatic heterocycles. The Kier molecular flexibility index (Phi) is 6.18. The second kappa shape index (κ2) is 7.64. The molecule has 3 nitrogen and oxygen atoms in total. The molecule has 2 N–H and O–H groups in total. The molecule has 1 aromatic rings. The van der Waals surface area contributed by atoms with E-state index in [2.05, 4.69) is 17.2 Å². The lowest BCUT2D eigenvalue weighted by atomic mass is 10.1. The van der Waals surface area contributed by atoms with Crippen molar-refractivity contribution < 1.29 is 27.5 Å². The molecule has 0 atom stereocenters. The van der Waals surface area contributed by atoms with Crippen molar-refractivity contribution in [3.8, 4) is 11.8 Å². The van der Waals surface area contributed by atoms with Crippen LogP contribution < -0.4 is 5.32 Å². The number of hydrogen-bond acceptors (Lipinski definition) is 2. The first-order valence-electron chi connectivity index (χ1n) is 6.07. The number of alkyl halides is 3. The van der Waals surface area contributed by atoms with Crippen LogP contribution in [0.1, 0.15) is 28.8 Å². The molecule has 0 heterocycles. The van der Waals surface area contributed by atoms with Crippen LogP contribution >= 0.6 is 0 Å². The van der Waals surface area contributed by atoms with Crippen molar-refractivity contribution in [2.45, 2.75) is 19.0 Å². The molecule has 1 aromatic carbocycles. The average Bonchev–Trinajstić information content (AvgIpc) is 2.41. The monoisotopic (exact) mass is 303 g/mol. The van der Waals surface area contributed by atoms with Crippen LogP contribution in [0.25, 0.3) is 0 Å². The van der Waals surface area contributed by atoms with Crippen LogP contribution in [-0.4, -0.2) is 30.3 Å². The maximum Gasteiger partial charge on any atom is 0.389 e. The summed E-state index contributed by atoms with van der Waals surface area (Å²) < 4.78 is 49.3. The number of aliphatic hydroxyl groups is 1. The molecule has 0 radical (unpaired) electrons. The number of carbonyl (C=O) groups excluding carboxylic acids is 1. The number of carbonyl (C=O) groups is 1. The van der Waals surface area contributed by atoms with Gasteiger partial charge >= 0.3 is 6.18 Å². The molecule has 1 rings (SSSR count). The molecule has 0 spiro atoms. The third-order valence-electron chi connectivity index (χ3n) is 2.45. The number of hydrogen-bond donors (Lipinski definition) is 2. The topological polar surface area (TPSA) is 49.3 Å². The highest BCUT2D eigenvalue weighted by Gasteiger charge is 2.26. The normalized spacial score (nSPS) is 10.7. The summed E-state index contributed by atoms with van der Waals surface area (Å²) in [6, 6.07) is 3.54. The molecule has 0 aliphatic carbocycles. The molecule has 1 amide bonds. The Balaban J connectivity index is 2.65. The van der Waals surface area contributed by atoms with Crippen molar-refractivity contribution in [3.05, 3.63) is 35.1 Å². The van der Waals surface area contributed by atoms with E-state index in [4.69, 9.17) is 5.11 Å². The zero-order chi connectivity index (χ0) is 15.9. The molecule has 0 aliphatic heterocycles. The van der Waals surface area contributed by atoms with Gasteiger partial charge < -0.3 is 10.4 Å². The second-order valence-electron chi connectivity index (χ2n) is 4.13. The highest BCUT2D eigenvalue weighted by atomic mass is 19.4. The third-order valence-corrected chi connectivity index (χ3v) is 2.45. The van der Waals surface area contributed by atoms with E-state index < -0.39 is 24.3 Å². The van der Waals surface area contributed by atoms with Crippen LogP contribution in [0.4, 0.5) is 17.6 Å². The fourth-order valence-electron chi connectivity index (χ4n) is 1.50. The van der Waals surface area contributed by atoms with Gasteiger partial charge in [0, 0.05) is 18.5 Å². The van der Waals surface area contributed by atoms with E-state index in [0.717, 1.165) is 6.07 Å². The molecule has 0 aliphatic rings. The van der Waals surface area contributed by atoms with E-state index in [9.17, 15) is 22.4 Å². The van der Waals surface area contributed by atoms with Crippen molar-refractivity contribution in [3.63, 3.8) is 0 Å². The lowest BCUT2D eigenvalue weighted by Gasteiger charge is -2.08. The van der Waals surface area contributed by atoms with Crippen LogP contribution in [-0.2, 0) is 0 Å². The van der Waals surface area contributed by atoms with Gasteiger partial charge in [-0.1, -0.05) is 11.8 Å². The molecular formula is C14H13F4NO2. The second-order valence-corrected chi connectivity index (χ2v) is 4.13. The van der Waals surface area contributed by atoms with E-state index in [1.165, 1.54) is 12.1 Å². The van der Waals surface area contributed by atoms with E-state index in [1.54, 1.807) is 0 Å². The van der Waals surface area contributed by atoms with Gasteiger partial charge in [0.1, 0.15) is 12.4 Å². The molecule has 0 fully saturated rings. The Morgan fingerprint density at radius 1 is 1.33 bits per heavy atom. The summed E-state index contributed by atoms with van der Waals surface area (Å²) in [5.41, 5.74) is 0.0256. The molecular weight excluding hydrogens is 290 g/mol. The van der Waals surface area contributed by atoms with Gasteiger partial charge in [-0.15, -0.1) is 0 Å². The lowest BCUT2D eigenvalue weighted by Crippen LogP contribution is -2.26. The molecule has 21 heavy (non-hydrogen) atoms. The predicted molar refractivity (Wildman–Crippen MR) is 68.0 cm³/mol. The van der Waals surface area contributed by atoms with Crippen molar-refractivity contribution in [2.75, 3.05) is 13.2 Å². The van der Waals surface area contributed by atoms with Gasteiger partial charge in [-0.3, -0.25) is 4.79 Å². The molecule has 0 saturated carbocycles. The number of benzene rings is 1. The number of amides is 1. The SMILES string of the molecule is O=C(NCCCC(F)(F)F)c1cc(C#CCO)ccc1F.